The van der Waals surface area contributed by atoms with Crippen molar-refractivity contribution in [3.8, 4) is 0 Å². The summed E-state index contributed by atoms with van der Waals surface area (Å²) >= 11 is 0. The molecule has 0 bridgehead atoms. The number of hydrogen-bond acceptors (Lipinski definition) is 6. The van der Waals surface area contributed by atoms with Crippen LogP contribution in [0.3, 0.4) is 0 Å². The third kappa shape index (κ3) is 4.68. The molecule has 1 heterocycles. The molecule has 0 spiro atoms. The van der Waals surface area contributed by atoms with Crippen LogP contribution in [0.4, 0.5) is 20.3 Å². The summed E-state index contributed by atoms with van der Waals surface area (Å²) in [6.07, 6.45) is -1.23. The van der Waals surface area contributed by atoms with Gasteiger partial charge in [0.25, 0.3) is 0 Å². The van der Waals surface area contributed by atoms with Crippen molar-refractivity contribution in [2.24, 2.45) is 0 Å². The van der Waals surface area contributed by atoms with E-state index in [9.17, 15) is 21.8 Å². The molecule has 1 aromatic heterocycles. The van der Waals surface area contributed by atoms with Crippen LogP contribution >= 0.6 is 0 Å². The molecule has 0 aliphatic rings. The molecule has 0 aliphatic carbocycles. The number of aromatic nitrogens is 2. The van der Waals surface area contributed by atoms with Crippen LogP contribution in [0.1, 0.15) is 5.56 Å². The number of aryl methyl sites for hydroxylation is 1. The van der Waals surface area contributed by atoms with Crippen LogP contribution in [0.5, 0.6) is 0 Å². The number of anilines is 2. The van der Waals surface area contributed by atoms with Crippen LogP contribution in [-0.4, -0.2) is 22.9 Å². The van der Waals surface area contributed by atoms with E-state index < -0.39 is 22.1 Å². The molecule has 21 heavy (non-hydrogen) atoms. The average Bonchev–Trinajstić information content (AvgIpc) is 2.25. The fourth-order valence-corrected chi connectivity index (χ4v) is 2.30. The summed E-state index contributed by atoms with van der Waals surface area (Å²) in [5.74, 6) is -1.18. The third-order valence-corrected chi connectivity index (χ3v) is 3.38. The van der Waals surface area contributed by atoms with Crippen LogP contribution in [0.25, 0.3) is 0 Å². The van der Waals surface area contributed by atoms with Gasteiger partial charge in [-0.3, -0.25) is 0 Å². The van der Waals surface area contributed by atoms with Gasteiger partial charge < -0.3 is 9.87 Å². The maximum Gasteiger partial charge on any atom is 1.00 e. The van der Waals surface area contributed by atoms with E-state index in [-0.39, 0.29) is 45.8 Å². The van der Waals surface area contributed by atoms with Crippen molar-refractivity contribution in [2.45, 2.75) is 11.8 Å². The monoisotopic (exact) mass is 323 g/mol. The van der Waals surface area contributed by atoms with E-state index in [0.29, 0.717) is 5.69 Å². The second kappa shape index (κ2) is 6.75. The Labute approximate surface area is 141 Å². The van der Waals surface area contributed by atoms with Gasteiger partial charge in [-0.1, -0.05) is 0 Å². The van der Waals surface area contributed by atoms with Gasteiger partial charge in [-0.15, -0.1) is 0 Å². The summed E-state index contributed by atoms with van der Waals surface area (Å²) < 4.78 is 58.4. The first kappa shape index (κ1) is 17.9. The Kier molecular flexibility index (Phi) is 5.76. The van der Waals surface area contributed by atoms with E-state index in [1.54, 1.807) is 0 Å². The molecule has 1 N–H and O–H groups in total. The molecule has 0 saturated heterocycles. The zero-order chi connectivity index (χ0) is 14.9. The molecular formula is C11H8F2N3NaO3S. The molecule has 2 rings (SSSR count). The standard InChI is InChI=1S/C11H9F2N3O3S.Na/c1-6-4-7(2-3-8(6)20(17,18)19)14-10-5-9(12)15-11(13)16-10;/h2-5H,1H3,(H,14,15,16)(H,17,18,19);/q;+1/p-1. The molecule has 0 atom stereocenters. The van der Waals surface area contributed by atoms with Gasteiger partial charge in [0.1, 0.15) is 15.9 Å². The Morgan fingerprint density at radius 3 is 2.38 bits per heavy atom. The fraction of sp³-hybridized carbons (Fsp3) is 0.0909. The predicted molar refractivity (Wildman–Crippen MR) is 64.4 cm³/mol. The Hall–Kier alpha value is -1.13. The first-order valence-corrected chi connectivity index (χ1v) is 6.70. The summed E-state index contributed by atoms with van der Waals surface area (Å²) in [4.78, 5) is 5.80. The zero-order valence-electron chi connectivity index (χ0n) is 11.1. The van der Waals surface area contributed by atoms with Gasteiger partial charge >= 0.3 is 35.6 Å². The molecule has 0 amide bonds. The molecule has 0 radical (unpaired) electrons. The number of rotatable bonds is 3. The van der Waals surface area contributed by atoms with E-state index >= 15 is 0 Å². The first-order valence-electron chi connectivity index (χ1n) is 5.29. The molecular weight excluding hydrogens is 315 g/mol. The van der Waals surface area contributed by atoms with Crippen LogP contribution in [0.2, 0.25) is 0 Å². The van der Waals surface area contributed by atoms with Gasteiger partial charge in [0.2, 0.25) is 5.95 Å². The maximum absolute atomic E-state index is 12.9. The minimum atomic E-state index is -4.56. The minimum absolute atomic E-state index is 0. The Bertz CT molecular complexity index is 751. The van der Waals surface area contributed by atoms with Crippen LogP contribution in [0.15, 0.2) is 29.2 Å². The molecule has 6 nitrogen and oxygen atoms in total. The van der Waals surface area contributed by atoms with Crippen molar-refractivity contribution in [1.29, 1.82) is 0 Å². The molecule has 0 saturated carbocycles. The van der Waals surface area contributed by atoms with Gasteiger partial charge in [0.15, 0.2) is 0 Å². The largest absolute Gasteiger partial charge is 1.00 e. The molecule has 10 heteroatoms. The topological polar surface area (TPSA) is 95.0 Å². The Balaban J connectivity index is 0.00000220. The van der Waals surface area contributed by atoms with Gasteiger partial charge in [-0.05, 0) is 30.7 Å². The summed E-state index contributed by atoms with van der Waals surface area (Å²) in [7, 11) is -4.56. The second-order valence-corrected chi connectivity index (χ2v) is 5.25. The van der Waals surface area contributed by atoms with Gasteiger partial charge in [-0.25, -0.2) is 8.42 Å². The predicted octanol–water partition coefficient (Wildman–Crippen LogP) is -1.29. The van der Waals surface area contributed by atoms with Crippen LogP contribution in [0, 0.1) is 18.9 Å². The number of hydrogen-bond donors (Lipinski definition) is 1. The van der Waals surface area contributed by atoms with E-state index in [4.69, 9.17) is 0 Å². The number of halogens is 2. The molecule has 0 unspecified atom stereocenters. The summed E-state index contributed by atoms with van der Waals surface area (Å²) in [6, 6.07) is 4.61. The normalized spacial score (nSPS) is 10.9. The van der Waals surface area contributed by atoms with Crippen molar-refractivity contribution < 1.29 is 51.3 Å². The van der Waals surface area contributed by atoms with Gasteiger partial charge in [-0.2, -0.15) is 18.7 Å². The van der Waals surface area contributed by atoms with Crippen molar-refractivity contribution >= 4 is 21.6 Å². The smallest absolute Gasteiger partial charge is 0.744 e. The first-order chi connectivity index (χ1) is 9.25. The van der Waals surface area contributed by atoms with E-state index in [1.807, 2.05) is 0 Å². The van der Waals surface area contributed by atoms with Gasteiger partial charge in [0, 0.05) is 11.8 Å². The van der Waals surface area contributed by atoms with E-state index in [2.05, 4.69) is 15.3 Å². The van der Waals surface area contributed by atoms with Crippen molar-refractivity contribution in [1.82, 2.24) is 9.97 Å². The fourth-order valence-electron chi connectivity index (χ4n) is 1.61. The molecule has 0 aliphatic heterocycles. The zero-order valence-corrected chi connectivity index (χ0v) is 13.9. The summed E-state index contributed by atoms with van der Waals surface area (Å²) in [5, 5.41) is 2.58. The van der Waals surface area contributed by atoms with Gasteiger partial charge in [0.05, 0.1) is 4.90 Å². The van der Waals surface area contributed by atoms with E-state index in [1.165, 1.54) is 19.1 Å². The van der Waals surface area contributed by atoms with Crippen molar-refractivity contribution in [2.75, 3.05) is 5.32 Å². The van der Waals surface area contributed by atoms with Crippen LogP contribution < -0.4 is 34.9 Å². The number of nitrogens with zero attached hydrogens (tertiary/aromatic N) is 2. The minimum Gasteiger partial charge on any atom is -0.744 e. The average molecular weight is 323 g/mol. The number of benzene rings is 1. The maximum atomic E-state index is 12.9. The number of nitrogens with one attached hydrogen (secondary N) is 1. The Morgan fingerprint density at radius 2 is 1.86 bits per heavy atom. The third-order valence-electron chi connectivity index (χ3n) is 2.38. The SMILES string of the molecule is Cc1cc(Nc2cc(F)nc(F)n2)ccc1S(=O)(=O)[O-].[Na+]. The molecule has 106 valence electrons. The summed E-state index contributed by atoms with van der Waals surface area (Å²) in [6.45, 7) is 1.43. The molecule has 1 aromatic carbocycles. The molecule has 2 aromatic rings. The van der Waals surface area contributed by atoms with Crippen molar-refractivity contribution in [3.63, 3.8) is 0 Å². The second-order valence-electron chi connectivity index (χ2n) is 3.90. The van der Waals surface area contributed by atoms with Crippen molar-refractivity contribution in [3.05, 3.63) is 41.9 Å². The Morgan fingerprint density at radius 1 is 1.19 bits per heavy atom. The summed E-state index contributed by atoms with van der Waals surface area (Å²) in [5.41, 5.74) is 0.535. The van der Waals surface area contributed by atoms with E-state index in [0.717, 1.165) is 12.1 Å². The quantitative estimate of drug-likeness (QED) is 0.327. The molecule has 0 fully saturated rings. The van der Waals surface area contributed by atoms with Crippen LogP contribution in [-0.2, 0) is 10.1 Å².